The molecular weight excluding hydrogens is 548 g/mol. The first kappa shape index (κ1) is 29.9. The molecule has 0 aliphatic carbocycles. The Hall–Kier alpha value is -5.03. The molecule has 1 saturated heterocycles. The van der Waals surface area contributed by atoms with Crippen LogP contribution in [0.4, 0.5) is 0 Å². The SMILES string of the molecule is CC(=O)O[C@H]1O[C@H](COC(=O)c2ccccc2)[C@@H](OC(=O)c2ccccc2)[C@H](OC(=O)c2ccccc2)[C@@H]1OC(C)=O. The molecule has 218 valence electrons. The summed E-state index contributed by atoms with van der Waals surface area (Å²) in [4.78, 5) is 63.2. The minimum atomic E-state index is -1.60. The van der Waals surface area contributed by atoms with E-state index in [0.29, 0.717) is 0 Å². The Bertz CT molecular complexity index is 1390. The summed E-state index contributed by atoms with van der Waals surface area (Å²) in [5.41, 5.74) is 0.555. The minimum absolute atomic E-state index is 0.148. The summed E-state index contributed by atoms with van der Waals surface area (Å²) in [7, 11) is 0. The summed E-state index contributed by atoms with van der Waals surface area (Å²) >= 11 is 0. The molecule has 0 aromatic heterocycles. The molecular formula is C31H28O11. The molecule has 0 saturated carbocycles. The molecule has 0 amide bonds. The van der Waals surface area contributed by atoms with Crippen LogP contribution >= 0.6 is 0 Å². The van der Waals surface area contributed by atoms with E-state index < -0.39 is 67.2 Å². The highest BCUT2D eigenvalue weighted by Gasteiger charge is 2.54. The first-order valence-electron chi connectivity index (χ1n) is 13.0. The van der Waals surface area contributed by atoms with E-state index in [9.17, 15) is 24.0 Å². The zero-order chi connectivity index (χ0) is 30.1. The van der Waals surface area contributed by atoms with E-state index in [1.54, 1.807) is 66.7 Å². The average Bonchev–Trinajstić information content (AvgIpc) is 2.99. The molecule has 0 radical (unpaired) electrons. The van der Waals surface area contributed by atoms with Crippen molar-refractivity contribution < 1.29 is 52.4 Å². The van der Waals surface area contributed by atoms with Gasteiger partial charge < -0.3 is 28.4 Å². The molecule has 1 fully saturated rings. The van der Waals surface area contributed by atoms with Crippen LogP contribution in [0.2, 0.25) is 0 Å². The summed E-state index contributed by atoms with van der Waals surface area (Å²) in [6, 6.07) is 24.0. The highest BCUT2D eigenvalue weighted by Crippen LogP contribution is 2.31. The van der Waals surface area contributed by atoms with Crippen molar-refractivity contribution in [2.75, 3.05) is 6.61 Å². The Labute approximate surface area is 241 Å². The van der Waals surface area contributed by atoms with Gasteiger partial charge in [-0.25, -0.2) is 14.4 Å². The first-order valence-corrected chi connectivity index (χ1v) is 13.0. The number of rotatable bonds is 9. The second-order valence-corrected chi connectivity index (χ2v) is 9.16. The molecule has 1 aliphatic heterocycles. The fraction of sp³-hybridized carbons (Fsp3) is 0.258. The third kappa shape index (κ3) is 7.79. The number of ether oxygens (including phenoxy) is 6. The summed E-state index contributed by atoms with van der Waals surface area (Å²) in [5, 5.41) is 0. The van der Waals surface area contributed by atoms with Crippen LogP contribution in [-0.4, -0.2) is 67.2 Å². The smallest absolute Gasteiger partial charge is 0.338 e. The van der Waals surface area contributed by atoms with Gasteiger partial charge >= 0.3 is 29.8 Å². The first-order chi connectivity index (χ1) is 20.2. The molecule has 11 heteroatoms. The monoisotopic (exact) mass is 576 g/mol. The molecule has 1 aliphatic rings. The van der Waals surface area contributed by atoms with E-state index in [2.05, 4.69) is 0 Å². The van der Waals surface area contributed by atoms with E-state index >= 15 is 0 Å². The van der Waals surface area contributed by atoms with Crippen molar-refractivity contribution in [2.45, 2.75) is 44.6 Å². The second-order valence-electron chi connectivity index (χ2n) is 9.16. The van der Waals surface area contributed by atoms with Crippen molar-refractivity contribution in [2.24, 2.45) is 0 Å². The van der Waals surface area contributed by atoms with Crippen LogP contribution in [-0.2, 0) is 38.0 Å². The van der Waals surface area contributed by atoms with Gasteiger partial charge in [-0.05, 0) is 36.4 Å². The predicted molar refractivity (Wildman–Crippen MR) is 144 cm³/mol. The molecule has 0 bridgehead atoms. The van der Waals surface area contributed by atoms with Crippen LogP contribution < -0.4 is 0 Å². The zero-order valence-electron chi connectivity index (χ0n) is 22.7. The van der Waals surface area contributed by atoms with Gasteiger partial charge in [0.25, 0.3) is 0 Å². The fourth-order valence-electron chi connectivity index (χ4n) is 4.21. The number of hydrogen-bond donors (Lipinski definition) is 0. The molecule has 11 nitrogen and oxygen atoms in total. The van der Waals surface area contributed by atoms with Crippen LogP contribution in [0.5, 0.6) is 0 Å². The third-order valence-corrected chi connectivity index (χ3v) is 6.07. The van der Waals surface area contributed by atoms with E-state index in [1.165, 1.54) is 24.3 Å². The Morgan fingerprint density at radius 3 is 1.43 bits per heavy atom. The molecule has 5 atom stereocenters. The maximum absolute atomic E-state index is 13.2. The lowest BCUT2D eigenvalue weighted by atomic mass is 9.97. The lowest BCUT2D eigenvalue weighted by Gasteiger charge is -2.43. The number of carbonyl (C=O) groups excluding carboxylic acids is 5. The van der Waals surface area contributed by atoms with Crippen molar-refractivity contribution in [1.82, 2.24) is 0 Å². The van der Waals surface area contributed by atoms with Crippen molar-refractivity contribution >= 4 is 29.8 Å². The van der Waals surface area contributed by atoms with Gasteiger partial charge in [0.2, 0.25) is 12.4 Å². The number of benzene rings is 3. The highest BCUT2D eigenvalue weighted by molar-refractivity contribution is 5.91. The van der Waals surface area contributed by atoms with Crippen LogP contribution in [0.25, 0.3) is 0 Å². The van der Waals surface area contributed by atoms with Gasteiger partial charge in [0.05, 0.1) is 16.7 Å². The molecule has 42 heavy (non-hydrogen) atoms. The minimum Gasteiger partial charge on any atom is -0.459 e. The van der Waals surface area contributed by atoms with Crippen LogP contribution in [0.3, 0.4) is 0 Å². The molecule has 0 spiro atoms. The summed E-state index contributed by atoms with van der Waals surface area (Å²) in [6.45, 7) is 1.69. The maximum Gasteiger partial charge on any atom is 0.338 e. The van der Waals surface area contributed by atoms with Gasteiger partial charge in [-0.2, -0.15) is 0 Å². The number of hydrogen-bond acceptors (Lipinski definition) is 11. The molecule has 3 aromatic rings. The third-order valence-electron chi connectivity index (χ3n) is 6.07. The zero-order valence-corrected chi connectivity index (χ0v) is 22.7. The largest absolute Gasteiger partial charge is 0.459 e. The number of esters is 5. The summed E-state index contributed by atoms with van der Waals surface area (Å²) < 4.78 is 33.6. The van der Waals surface area contributed by atoms with Crippen LogP contribution in [0.1, 0.15) is 44.9 Å². The topological polar surface area (TPSA) is 141 Å². The van der Waals surface area contributed by atoms with Gasteiger partial charge in [0.15, 0.2) is 12.2 Å². The van der Waals surface area contributed by atoms with E-state index in [1.807, 2.05) is 0 Å². The second kappa shape index (κ2) is 14.0. The van der Waals surface area contributed by atoms with Crippen LogP contribution in [0, 0.1) is 0 Å². The maximum atomic E-state index is 13.2. The summed E-state index contributed by atoms with van der Waals surface area (Å²) in [5.74, 6) is -4.00. The van der Waals surface area contributed by atoms with Gasteiger partial charge in [-0.3, -0.25) is 9.59 Å². The Morgan fingerprint density at radius 2 is 0.976 bits per heavy atom. The van der Waals surface area contributed by atoms with Crippen LogP contribution in [0.15, 0.2) is 91.0 Å². The Kier molecular flexibility index (Phi) is 10.0. The quantitative estimate of drug-likeness (QED) is 0.273. The van der Waals surface area contributed by atoms with Crippen molar-refractivity contribution in [3.63, 3.8) is 0 Å². The van der Waals surface area contributed by atoms with Gasteiger partial charge in [-0.15, -0.1) is 0 Å². The summed E-state index contributed by atoms with van der Waals surface area (Å²) in [6.07, 6.45) is -7.51. The van der Waals surface area contributed by atoms with Crippen molar-refractivity contribution in [3.8, 4) is 0 Å². The Morgan fingerprint density at radius 1 is 0.548 bits per heavy atom. The molecule has 0 unspecified atom stereocenters. The van der Waals surface area contributed by atoms with Crippen molar-refractivity contribution in [3.05, 3.63) is 108 Å². The molecule has 0 N–H and O–H groups in total. The number of carbonyl (C=O) groups is 5. The fourth-order valence-corrected chi connectivity index (χ4v) is 4.21. The van der Waals surface area contributed by atoms with Gasteiger partial charge in [-0.1, -0.05) is 54.6 Å². The lowest BCUT2D eigenvalue weighted by molar-refractivity contribution is -0.293. The molecule has 4 rings (SSSR count). The predicted octanol–water partition coefficient (Wildman–Crippen LogP) is 3.51. The average molecular weight is 577 g/mol. The van der Waals surface area contributed by atoms with Gasteiger partial charge in [0, 0.05) is 13.8 Å². The van der Waals surface area contributed by atoms with E-state index in [-0.39, 0.29) is 16.7 Å². The normalized spacial score (nSPS) is 21.3. The standard InChI is InChI=1S/C31H28O11/c1-19(32)38-27-26(42-30(36)23-16-10-5-11-17-23)25(41-29(35)22-14-8-4-9-15-22)24(40-31(27)39-20(2)33)18-37-28(34)21-12-6-3-7-13-21/h3-17,24-27,31H,18H2,1-2H3/t24-,25-,26+,27+,31+/m1/s1. The molecule has 3 aromatic carbocycles. The van der Waals surface area contributed by atoms with E-state index in [4.69, 9.17) is 28.4 Å². The van der Waals surface area contributed by atoms with Gasteiger partial charge in [0.1, 0.15) is 12.7 Å². The lowest BCUT2D eigenvalue weighted by Crippen LogP contribution is -2.63. The molecule has 1 heterocycles. The van der Waals surface area contributed by atoms with Crippen molar-refractivity contribution in [1.29, 1.82) is 0 Å². The highest BCUT2D eigenvalue weighted by atomic mass is 16.7. The van der Waals surface area contributed by atoms with E-state index in [0.717, 1.165) is 13.8 Å². The Balaban J connectivity index is 1.71.